The van der Waals surface area contributed by atoms with Crippen molar-refractivity contribution >= 4 is 23.2 Å². The van der Waals surface area contributed by atoms with Gasteiger partial charge in [0.05, 0.1) is 5.02 Å². The van der Waals surface area contributed by atoms with Crippen molar-refractivity contribution in [2.24, 2.45) is 11.0 Å². The third-order valence-corrected chi connectivity index (χ3v) is 3.72. The summed E-state index contributed by atoms with van der Waals surface area (Å²) in [7, 11) is 0. The van der Waals surface area contributed by atoms with Crippen molar-refractivity contribution in [3.05, 3.63) is 29.3 Å². The lowest BCUT2D eigenvalue weighted by atomic mass is 9.89. The van der Waals surface area contributed by atoms with Gasteiger partial charge in [-0.2, -0.15) is 5.10 Å². The smallest absolute Gasteiger partial charge is 0.277 e. The Balaban J connectivity index is 1.81. The van der Waals surface area contributed by atoms with Gasteiger partial charge in [0.1, 0.15) is 5.75 Å². The summed E-state index contributed by atoms with van der Waals surface area (Å²) >= 11 is 5.94. The van der Waals surface area contributed by atoms with Gasteiger partial charge in [0, 0.05) is 5.71 Å². The quantitative estimate of drug-likeness (QED) is 0.865. The van der Waals surface area contributed by atoms with Crippen LogP contribution in [0, 0.1) is 5.92 Å². The number of hydrogen-bond donors (Lipinski definition) is 1. The fourth-order valence-electron chi connectivity index (χ4n) is 2.21. The van der Waals surface area contributed by atoms with Crippen LogP contribution in [0.5, 0.6) is 5.75 Å². The molecule has 1 aromatic carbocycles. The molecule has 2 rings (SSSR count). The maximum Gasteiger partial charge on any atom is 0.277 e. The van der Waals surface area contributed by atoms with Crippen molar-refractivity contribution in [1.29, 1.82) is 0 Å². The van der Waals surface area contributed by atoms with Gasteiger partial charge >= 0.3 is 0 Å². The Morgan fingerprint density at radius 2 is 2.25 bits per heavy atom. The number of nitrogens with one attached hydrogen (secondary N) is 1. The zero-order valence-electron chi connectivity index (χ0n) is 11.6. The van der Waals surface area contributed by atoms with Gasteiger partial charge in [-0.15, -0.1) is 0 Å². The van der Waals surface area contributed by atoms with Gasteiger partial charge in [0.15, 0.2) is 6.61 Å². The van der Waals surface area contributed by atoms with Crippen molar-refractivity contribution in [3.8, 4) is 5.75 Å². The highest BCUT2D eigenvalue weighted by Crippen LogP contribution is 2.23. The Hall–Kier alpha value is -1.55. The number of benzene rings is 1. The normalized spacial score (nSPS) is 20.7. The summed E-state index contributed by atoms with van der Waals surface area (Å²) in [6.45, 7) is 2.05. The molecule has 0 aliphatic heterocycles. The highest BCUT2D eigenvalue weighted by Gasteiger charge is 2.16. The first-order valence-corrected chi connectivity index (χ1v) is 7.27. The Labute approximate surface area is 124 Å². The van der Waals surface area contributed by atoms with Crippen molar-refractivity contribution in [2.75, 3.05) is 6.61 Å². The molecule has 1 N–H and O–H groups in total. The molecule has 1 aliphatic carbocycles. The topological polar surface area (TPSA) is 50.7 Å². The molecule has 4 nitrogen and oxygen atoms in total. The third-order valence-electron chi connectivity index (χ3n) is 3.41. The summed E-state index contributed by atoms with van der Waals surface area (Å²) in [6.07, 6.45) is 4.50. The molecule has 0 radical (unpaired) electrons. The number of hydrogen-bond acceptors (Lipinski definition) is 3. The van der Waals surface area contributed by atoms with E-state index in [1.54, 1.807) is 12.1 Å². The molecule has 1 saturated carbocycles. The summed E-state index contributed by atoms with van der Waals surface area (Å²) in [5, 5.41) is 4.70. The zero-order chi connectivity index (χ0) is 14.4. The third kappa shape index (κ3) is 4.23. The minimum Gasteiger partial charge on any atom is -0.482 e. The van der Waals surface area contributed by atoms with Gasteiger partial charge in [-0.05, 0) is 37.3 Å². The van der Waals surface area contributed by atoms with Gasteiger partial charge in [0.25, 0.3) is 5.91 Å². The lowest BCUT2D eigenvalue weighted by Gasteiger charge is -2.19. The molecule has 1 fully saturated rings. The van der Waals surface area contributed by atoms with Crippen LogP contribution in [-0.2, 0) is 4.79 Å². The van der Waals surface area contributed by atoms with Gasteiger partial charge < -0.3 is 4.74 Å². The molecule has 108 valence electrons. The molecule has 1 aromatic rings. The zero-order valence-corrected chi connectivity index (χ0v) is 12.3. The van der Waals surface area contributed by atoms with E-state index >= 15 is 0 Å². The van der Waals surface area contributed by atoms with Crippen LogP contribution in [0.25, 0.3) is 0 Å². The van der Waals surface area contributed by atoms with Crippen molar-refractivity contribution < 1.29 is 9.53 Å². The van der Waals surface area contributed by atoms with E-state index in [2.05, 4.69) is 17.5 Å². The summed E-state index contributed by atoms with van der Waals surface area (Å²) in [6, 6.07) is 7.07. The molecular formula is C15H19ClN2O2. The minimum absolute atomic E-state index is 0.0884. The highest BCUT2D eigenvalue weighted by molar-refractivity contribution is 6.32. The summed E-state index contributed by atoms with van der Waals surface area (Å²) < 4.78 is 5.35. The molecule has 20 heavy (non-hydrogen) atoms. The second-order valence-electron chi connectivity index (χ2n) is 5.00. The van der Waals surface area contributed by atoms with Crippen LogP contribution < -0.4 is 10.2 Å². The summed E-state index contributed by atoms with van der Waals surface area (Å²) in [4.78, 5) is 11.7. The minimum atomic E-state index is -0.268. The fraction of sp³-hybridized carbons (Fsp3) is 0.467. The van der Waals surface area contributed by atoms with Crippen LogP contribution in [0.15, 0.2) is 29.4 Å². The second-order valence-corrected chi connectivity index (χ2v) is 5.41. The van der Waals surface area contributed by atoms with Crippen molar-refractivity contribution in [3.63, 3.8) is 0 Å². The van der Waals surface area contributed by atoms with Crippen molar-refractivity contribution in [1.82, 2.24) is 5.43 Å². The lowest BCUT2D eigenvalue weighted by molar-refractivity contribution is -0.123. The maximum absolute atomic E-state index is 11.7. The fourth-order valence-corrected chi connectivity index (χ4v) is 2.40. The molecular weight excluding hydrogens is 276 g/mol. The average Bonchev–Trinajstić information content (AvgIpc) is 2.45. The molecule has 0 unspecified atom stereocenters. The van der Waals surface area contributed by atoms with E-state index in [-0.39, 0.29) is 12.5 Å². The number of amides is 1. The molecule has 0 saturated heterocycles. The number of nitrogens with zero attached hydrogens (tertiary/aromatic N) is 1. The first-order chi connectivity index (χ1) is 9.66. The van der Waals surface area contributed by atoms with Crippen LogP contribution in [0.2, 0.25) is 5.02 Å². The van der Waals surface area contributed by atoms with Gasteiger partial charge in [-0.1, -0.05) is 37.1 Å². The van der Waals surface area contributed by atoms with Crippen LogP contribution in [0.3, 0.4) is 0 Å². The van der Waals surface area contributed by atoms with Crippen LogP contribution >= 0.6 is 11.6 Å². The van der Waals surface area contributed by atoms with Gasteiger partial charge in [-0.25, -0.2) is 5.43 Å². The lowest BCUT2D eigenvalue weighted by Crippen LogP contribution is -2.28. The van der Waals surface area contributed by atoms with Crippen molar-refractivity contribution in [2.45, 2.75) is 32.6 Å². The predicted octanol–water partition coefficient (Wildman–Crippen LogP) is 3.40. The Bertz CT molecular complexity index is 502. The first-order valence-electron chi connectivity index (χ1n) is 6.89. The van der Waals surface area contributed by atoms with E-state index in [1.807, 2.05) is 12.1 Å². The SMILES string of the molecule is C[C@H]1CCCC/C1=N/NC(=O)COc1ccccc1Cl. The molecule has 1 aliphatic rings. The Kier molecular flexibility index (Phi) is 5.41. The number of rotatable bonds is 4. The number of ether oxygens (including phenoxy) is 1. The van der Waals surface area contributed by atoms with E-state index in [0.29, 0.717) is 16.7 Å². The molecule has 0 spiro atoms. The van der Waals surface area contributed by atoms with E-state index in [1.165, 1.54) is 6.42 Å². The monoisotopic (exact) mass is 294 g/mol. The maximum atomic E-state index is 11.7. The number of para-hydroxylation sites is 1. The average molecular weight is 295 g/mol. The Morgan fingerprint density at radius 1 is 1.45 bits per heavy atom. The van der Waals surface area contributed by atoms with Gasteiger partial charge in [0.2, 0.25) is 0 Å². The van der Waals surface area contributed by atoms with E-state index < -0.39 is 0 Å². The van der Waals surface area contributed by atoms with E-state index in [9.17, 15) is 4.79 Å². The van der Waals surface area contributed by atoms with E-state index in [4.69, 9.17) is 16.3 Å². The van der Waals surface area contributed by atoms with Crippen LogP contribution in [-0.4, -0.2) is 18.2 Å². The number of hydrazone groups is 1. The molecule has 1 amide bonds. The Morgan fingerprint density at radius 3 is 3.00 bits per heavy atom. The van der Waals surface area contributed by atoms with Crippen LogP contribution in [0.1, 0.15) is 32.6 Å². The van der Waals surface area contributed by atoms with Crippen LogP contribution in [0.4, 0.5) is 0 Å². The molecule has 1 atom stereocenters. The van der Waals surface area contributed by atoms with E-state index in [0.717, 1.165) is 25.0 Å². The summed E-state index contributed by atoms with van der Waals surface area (Å²) in [5.74, 6) is 0.687. The second kappa shape index (κ2) is 7.29. The molecule has 5 heteroatoms. The number of halogens is 1. The number of carbonyl (C=O) groups excluding carboxylic acids is 1. The first kappa shape index (κ1) is 14.9. The summed E-state index contributed by atoms with van der Waals surface area (Å²) in [5.41, 5.74) is 3.63. The molecule has 0 heterocycles. The predicted molar refractivity (Wildman–Crippen MR) is 80.2 cm³/mol. The molecule has 0 bridgehead atoms. The molecule has 0 aromatic heterocycles. The van der Waals surface area contributed by atoms with Gasteiger partial charge in [-0.3, -0.25) is 4.79 Å². The number of carbonyl (C=O) groups is 1. The standard InChI is InChI=1S/C15H19ClN2O2/c1-11-6-2-4-8-13(11)17-18-15(19)10-20-14-9-5-3-7-12(14)16/h3,5,7,9,11H,2,4,6,8,10H2,1H3,(H,18,19)/b17-13-/t11-/m0/s1. The highest BCUT2D eigenvalue weighted by atomic mass is 35.5. The largest absolute Gasteiger partial charge is 0.482 e.